The van der Waals surface area contributed by atoms with Crippen LogP contribution < -0.4 is 5.32 Å². The third kappa shape index (κ3) is 3.37. The molecular formula is C18H22N4O3. The van der Waals surface area contributed by atoms with Crippen molar-refractivity contribution in [2.24, 2.45) is 0 Å². The maximum atomic E-state index is 12.7. The largest absolute Gasteiger partial charge is 0.377 e. The van der Waals surface area contributed by atoms with E-state index >= 15 is 0 Å². The molecule has 1 atom stereocenters. The van der Waals surface area contributed by atoms with Gasteiger partial charge in [0.15, 0.2) is 5.82 Å². The van der Waals surface area contributed by atoms with Crippen molar-refractivity contribution in [3.8, 4) is 0 Å². The van der Waals surface area contributed by atoms with Crippen molar-refractivity contribution in [1.29, 1.82) is 0 Å². The molecule has 2 aliphatic rings. The first-order valence-electron chi connectivity index (χ1n) is 8.70. The van der Waals surface area contributed by atoms with E-state index in [0.717, 1.165) is 12.8 Å². The predicted molar refractivity (Wildman–Crippen MR) is 90.0 cm³/mol. The zero-order valence-corrected chi connectivity index (χ0v) is 14.2. The zero-order chi connectivity index (χ0) is 17.2. The van der Waals surface area contributed by atoms with Crippen molar-refractivity contribution >= 4 is 6.03 Å². The lowest BCUT2D eigenvalue weighted by molar-refractivity contribution is -0.000784. The summed E-state index contributed by atoms with van der Waals surface area (Å²) >= 11 is 0. The molecule has 1 aromatic carbocycles. The SMILES string of the molecule is Cc1noc([C@H]2COCCN2C(=O)NC2CC(c3ccccc3)C2)n1. The first-order valence-corrected chi connectivity index (χ1v) is 8.70. The minimum absolute atomic E-state index is 0.0827. The molecule has 0 spiro atoms. The second-order valence-electron chi connectivity index (χ2n) is 6.69. The molecule has 1 saturated carbocycles. The minimum Gasteiger partial charge on any atom is -0.377 e. The number of hydrogen-bond acceptors (Lipinski definition) is 5. The lowest BCUT2D eigenvalue weighted by Crippen LogP contribution is -2.53. The number of benzene rings is 1. The molecule has 2 amide bonds. The van der Waals surface area contributed by atoms with Crippen LogP contribution in [0.25, 0.3) is 0 Å². The van der Waals surface area contributed by atoms with Crippen molar-refractivity contribution < 1.29 is 14.1 Å². The molecule has 1 saturated heterocycles. The number of hydrogen-bond donors (Lipinski definition) is 1. The minimum atomic E-state index is -0.319. The Labute approximate surface area is 146 Å². The predicted octanol–water partition coefficient (Wildman–Crippen LogP) is 2.41. The zero-order valence-electron chi connectivity index (χ0n) is 14.2. The topological polar surface area (TPSA) is 80.5 Å². The van der Waals surface area contributed by atoms with Crippen LogP contribution in [-0.2, 0) is 4.74 Å². The number of ether oxygens (including phenoxy) is 1. The van der Waals surface area contributed by atoms with Gasteiger partial charge in [0.05, 0.1) is 13.2 Å². The van der Waals surface area contributed by atoms with Gasteiger partial charge in [-0.3, -0.25) is 0 Å². The highest BCUT2D eigenvalue weighted by Gasteiger charge is 2.36. The summed E-state index contributed by atoms with van der Waals surface area (Å²) in [6.07, 6.45) is 1.95. The summed E-state index contributed by atoms with van der Waals surface area (Å²) in [5, 5.41) is 6.95. The monoisotopic (exact) mass is 342 g/mol. The number of morpholine rings is 1. The molecule has 1 N–H and O–H groups in total. The van der Waals surface area contributed by atoms with Crippen LogP contribution in [0.1, 0.15) is 42.1 Å². The highest BCUT2D eigenvalue weighted by molar-refractivity contribution is 5.75. The summed E-state index contributed by atoms with van der Waals surface area (Å²) in [4.78, 5) is 18.7. The van der Waals surface area contributed by atoms with Crippen LogP contribution in [0.3, 0.4) is 0 Å². The van der Waals surface area contributed by atoms with Gasteiger partial charge < -0.3 is 19.5 Å². The van der Waals surface area contributed by atoms with Crippen LogP contribution in [0.15, 0.2) is 34.9 Å². The van der Waals surface area contributed by atoms with Crippen LogP contribution in [0.5, 0.6) is 0 Å². The highest BCUT2D eigenvalue weighted by atomic mass is 16.5. The molecule has 0 radical (unpaired) electrons. The molecule has 2 fully saturated rings. The van der Waals surface area contributed by atoms with Crippen LogP contribution in [0.4, 0.5) is 4.79 Å². The number of carbonyl (C=O) groups excluding carboxylic acids is 1. The van der Waals surface area contributed by atoms with E-state index in [0.29, 0.717) is 37.4 Å². The summed E-state index contributed by atoms with van der Waals surface area (Å²) in [5.74, 6) is 1.53. The van der Waals surface area contributed by atoms with Gasteiger partial charge in [0, 0.05) is 12.6 Å². The second kappa shape index (κ2) is 6.84. The summed E-state index contributed by atoms with van der Waals surface area (Å²) in [7, 11) is 0. The van der Waals surface area contributed by atoms with E-state index in [4.69, 9.17) is 9.26 Å². The van der Waals surface area contributed by atoms with Gasteiger partial charge in [-0.2, -0.15) is 4.98 Å². The van der Waals surface area contributed by atoms with Crippen LogP contribution in [0, 0.1) is 6.92 Å². The second-order valence-corrected chi connectivity index (χ2v) is 6.69. The third-order valence-electron chi connectivity index (χ3n) is 4.95. The first kappa shape index (κ1) is 16.1. The average molecular weight is 342 g/mol. The number of urea groups is 1. The number of carbonyl (C=O) groups is 1. The summed E-state index contributed by atoms with van der Waals surface area (Å²) < 4.78 is 10.7. The number of amides is 2. The lowest BCUT2D eigenvalue weighted by atomic mass is 9.76. The number of nitrogens with zero attached hydrogens (tertiary/aromatic N) is 3. The van der Waals surface area contributed by atoms with Crippen molar-refractivity contribution in [3.63, 3.8) is 0 Å². The fourth-order valence-electron chi connectivity index (χ4n) is 3.49. The first-order chi connectivity index (χ1) is 12.2. The molecule has 4 rings (SSSR count). The van der Waals surface area contributed by atoms with Crippen molar-refractivity contribution in [2.75, 3.05) is 19.8 Å². The summed E-state index contributed by atoms with van der Waals surface area (Å²) in [5.41, 5.74) is 1.35. The van der Waals surface area contributed by atoms with E-state index in [9.17, 15) is 4.79 Å². The van der Waals surface area contributed by atoms with E-state index in [1.54, 1.807) is 11.8 Å². The average Bonchev–Trinajstić information content (AvgIpc) is 3.04. The maximum absolute atomic E-state index is 12.7. The van der Waals surface area contributed by atoms with Gasteiger partial charge >= 0.3 is 6.03 Å². The van der Waals surface area contributed by atoms with Crippen molar-refractivity contribution in [3.05, 3.63) is 47.6 Å². The summed E-state index contributed by atoms with van der Waals surface area (Å²) in [6, 6.07) is 10.3. The Morgan fingerprint density at radius 3 is 2.80 bits per heavy atom. The molecule has 2 heterocycles. The molecular weight excluding hydrogens is 320 g/mol. The van der Waals surface area contributed by atoms with E-state index in [-0.39, 0.29) is 18.1 Å². The molecule has 0 unspecified atom stereocenters. The smallest absolute Gasteiger partial charge is 0.318 e. The molecule has 1 aliphatic heterocycles. The number of aromatic nitrogens is 2. The molecule has 2 aromatic rings. The van der Waals surface area contributed by atoms with Gasteiger partial charge in [-0.1, -0.05) is 35.5 Å². The third-order valence-corrected chi connectivity index (χ3v) is 4.95. The fourth-order valence-corrected chi connectivity index (χ4v) is 3.49. The fraction of sp³-hybridized carbons (Fsp3) is 0.500. The maximum Gasteiger partial charge on any atom is 0.318 e. The Bertz CT molecular complexity index is 727. The van der Waals surface area contributed by atoms with Crippen LogP contribution in [0.2, 0.25) is 0 Å². The van der Waals surface area contributed by atoms with Gasteiger partial charge in [0.2, 0.25) is 0 Å². The lowest BCUT2D eigenvalue weighted by Gasteiger charge is -2.39. The van der Waals surface area contributed by atoms with Crippen molar-refractivity contribution in [1.82, 2.24) is 20.4 Å². The van der Waals surface area contributed by atoms with Gasteiger partial charge in [0.25, 0.3) is 5.89 Å². The Morgan fingerprint density at radius 1 is 1.28 bits per heavy atom. The van der Waals surface area contributed by atoms with E-state index < -0.39 is 0 Å². The van der Waals surface area contributed by atoms with Gasteiger partial charge in [0.1, 0.15) is 6.04 Å². The van der Waals surface area contributed by atoms with E-state index in [1.165, 1.54) is 5.56 Å². The summed E-state index contributed by atoms with van der Waals surface area (Å²) in [6.45, 7) is 3.19. The Kier molecular flexibility index (Phi) is 4.40. The molecule has 1 aromatic heterocycles. The Hall–Kier alpha value is -2.41. The van der Waals surface area contributed by atoms with Crippen LogP contribution >= 0.6 is 0 Å². The highest BCUT2D eigenvalue weighted by Crippen LogP contribution is 2.37. The molecule has 25 heavy (non-hydrogen) atoms. The molecule has 0 bridgehead atoms. The van der Waals surface area contributed by atoms with E-state index in [1.807, 2.05) is 6.07 Å². The quantitative estimate of drug-likeness (QED) is 0.926. The number of nitrogens with one attached hydrogen (secondary N) is 1. The van der Waals surface area contributed by atoms with Gasteiger partial charge in [-0.05, 0) is 31.2 Å². The molecule has 132 valence electrons. The van der Waals surface area contributed by atoms with Crippen LogP contribution in [-0.4, -0.2) is 46.9 Å². The van der Waals surface area contributed by atoms with Crippen molar-refractivity contribution in [2.45, 2.75) is 37.8 Å². The van der Waals surface area contributed by atoms with Gasteiger partial charge in [-0.15, -0.1) is 0 Å². The van der Waals surface area contributed by atoms with E-state index in [2.05, 4.69) is 39.7 Å². The number of aryl methyl sites for hydroxylation is 1. The molecule has 1 aliphatic carbocycles. The number of rotatable bonds is 3. The Morgan fingerprint density at radius 2 is 2.08 bits per heavy atom. The van der Waals surface area contributed by atoms with Gasteiger partial charge in [-0.25, -0.2) is 4.79 Å². The Balaban J connectivity index is 1.36. The normalized spacial score (nSPS) is 26.1. The molecule has 7 heteroatoms. The standard InChI is InChI=1S/C18H22N4O3/c1-12-19-17(25-21-12)16-11-24-8-7-22(16)18(23)20-15-9-14(10-15)13-5-3-2-4-6-13/h2-6,14-16H,7-11H2,1H3,(H,20,23)/t14?,15?,16-/m1/s1. The molecule has 7 nitrogen and oxygen atoms in total.